The minimum atomic E-state index is -0.0890. The summed E-state index contributed by atoms with van der Waals surface area (Å²) in [5, 5.41) is 0. The number of hydrazine groups is 1. The van der Waals surface area contributed by atoms with Crippen LogP contribution in [0.15, 0.2) is 22.7 Å². The second-order valence-electron chi connectivity index (χ2n) is 6.26. The first-order valence-corrected chi connectivity index (χ1v) is 8.37. The maximum Gasteiger partial charge on any atom is 0.0940 e. The molecule has 2 aliphatic rings. The number of nitrogens with two attached hydrogens (primary N) is 1. The maximum absolute atomic E-state index is 6.04. The summed E-state index contributed by atoms with van der Waals surface area (Å²) < 4.78 is 12.7. The van der Waals surface area contributed by atoms with Crippen molar-refractivity contribution in [3.63, 3.8) is 0 Å². The van der Waals surface area contributed by atoms with Crippen LogP contribution in [-0.2, 0) is 9.47 Å². The SMILES string of the molecule is Cc1ccc(Br)c(C(NN)C2CCOC3(CCOC3)C2)c1. The zero-order valence-electron chi connectivity index (χ0n) is 12.4. The summed E-state index contributed by atoms with van der Waals surface area (Å²) in [6.45, 7) is 4.42. The molecule has 0 aliphatic carbocycles. The van der Waals surface area contributed by atoms with Gasteiger partial charge >= 0.3 is 0 Å². The van der Waals surface area contributed by atoms with E-state index in [-0.39, 0.29) is 11.6 Å². The van der Waals surface area contributed by atoms with Gasteiger partial charge in [-0.2, -0.15) is 0 Å². The molecule has 0 radical (unpaired) electrons. The van der Waals surface area contributed by atoms with Gasteiger partial charge < -0.3 is 9.47 Å². The first-order chi connectivity index (χ1) is 10.1. The molecule has 2 fully saturated rings. The van der Waals surface area contributed by atoms with E-state index in [1.54, 1.807) is 0 Å². The van der Waals surface area contributed by atoms with Crippen molar-refractivity contribution >= 4 is 15.9 Å². The number of aryl methyl sites for hydroxylation is 1. The van der Waals surface area contributed by atoms with Crippen molar-refractivity contribution in [2.24, 2.45) is 11.8 Å². The van der Waals surface area contributed by atoms with Gasteiger partial charge in [-0.05, 0) is 37.3 Å². The third kappa shape index (κ3) is 3.17. The average molecular weight is 355 g/mol. The topological polar surface area (TPSA) is 56.5 Å². The van der Waals surface area contributed by atoms with Crippen LogP contribution in [-0.4, -0.2) is 25.4 Å². The van der Waals surface area contributed by atoms with Crippen LogP contribution in [0.5, 0.6) is 0 Å². The monoisotopic (exact) mass is 354 g/mol. The zero-order valence-corrected chi connectivity index (χ0v) is 14.0. The molecule has 3 rings (SSSR count). The smallest absolute Gasteiger partial charge is 0.0940 e. The number of hydrogen-bond acceptors (Lipinski definition) is 4. The molecular formula is C16H23BrN2O2. The largest absolute Gasteiger partial charge is 0.378 e. The fourth-order valence-corrected chi connectivity index (χ4v) is 4.09. The molecule has 2 aliphatic heterocycles. The molecule has 0 bridgehead atoms. The molecule has 3 unspecified atom stereocenters. The van der Waals surface area contributed by atoms with E-state index in [1.165, 1.54) is 11.1 Å². The lowest BCUT2D eigenvalue weighted by atomic mass is 9.79. The van der Waals surface area contributed by atoms with Gasteiger partial charge in [0, 0.05) is 24.1 Å². The summed E-state index contributed by atoms with van der Waals surface area (Å²) in [5.74, 6) is 6.36. The first-order valence-electron chi connectivity index (χ1n) is 7.57. The molecule has 4 nitrogen and oxygen atoms in total. The van der Waals surface area contributed by atoms with Crippen LogP contribution < -0.4 is 11.3 Å². The molecule has 1 aromatic carbocycles. The second kappa shape index (κ2) is 6.34. The summed E-state index contributed by atoms with van der Waals surface area (Å²) in [5.41, 5.74) is 5.43. The van der Waals surface area contributed by atoms with Gasteiger partial charge in [0.05, 0.1) is 18.2 Å². The van der Waals surface area contributed by atoms with Crippen LogP contribution in [0.25, 0.3) is 0 Å². The summed E-state index contributed by atoms with van der Waals surface area (Å²) in [7, 11) is 0. The molecule has 3 N–H and O–H groups in total. The summed E-state index contributed by atoms with van der Waals surface area (Å²) in [4.78, 5) is 0. The van der Waals surface area contributed by atoms with Crippen LogP contribution in [0.3, 0.4) is 0 Å². The fourth-order valence-electron chi connectivity index (χ4n) is 3.59. The fraction of sp³-hybridized carbons (Fsp3) is 0.625. The third-order valence-corrected chi connectivity index (χ3v) is 5.46. The molecule has 1 aromatic rings. The van der Waals surface area contributed by atoms with Crippen molar-refractivity contribution in [3.05, 3.63) is 33.8 Å². The highest BCUT2D eigenvalue weighted by Gasteiger charge is 2.43. The van der Waals surface area contributed by atoms with E-state index in [4.69, 9.17) is 15.3 Å². The number of nitrogens with one attached hydrogen (secondary N) is 1. The van der Waals surface area contributed by atoms with Crippen molar-refractivity contribution < 1.29 is 9.47 Å². The Kier molecular flexibility index (Phi) is 4.66. The van der Waals surface area contributed by atoms with Crippen LogP contribution in [0, 0.1) is 12.8 Å². The first kappa shape index (κ1) is 15.4. The zero-order chi connectivity index (χ0) is 14.9. The van der Waals surface area contributed by atoms with Crippen molar-refractivity contribution in [1.82, 2.24) is 5.43 Å². The summed E-state index contributed by atoms with van der Waals surface area (Å²) in [6, 6.07) is 6.56. The molecule has 116 valence electrons. The molecule has 1 spiro atoms. The Balaban J connectivity index is 1.84. The number of benzene rings is 1. The molecule has 2 heterocycles. The second-order valence-corrected chi connectivity index (χ2v) is 7.11. The highest BCUT2D eigenvalue weighted by atomic mass is 79.9. The van der Waals surface area contributed by atoms with E-state index >= 15 is 0 Å². The predicted octanol–water partition coefficient (Wildman–Crippen LogP) is 2.85. The number of ether oxygens (including phenoxy) is 2. The van der Waals surface area contributed by atoms with Gasteiger partial charge in [-0.3, -0.25) is 11.3 Å². The van der Waals surface area contributed by atoms with Crippen LogP contribution in [0.2, 0.25) is 0 Å². The third-order valence-electron chi connectivity index (χ3n) is 4.74. The van der Waals surface area contributed by atoms with Crippen molar-refractivity contribution in [2.75, 3.05) is 19.8 Å². The summed E-state index contributed by atoms with van der Waals surface area (Å²) in [6.07, 6.45) is 3.02. The Bertz CT molecular complexity index is 503. The van der Waals surface area contributed by atoms with Gasteiger partial charge in [-0.25, -0.2) is 0 Å². The van der Waals surface area contributed by atoms with Crippen LogP contribution >= 0.6 is 15.9 Å². The normalized spacial score (nSPS) is 30.7. The van der Waals surface area contributed by atoms with E-state index in [1.807, 2.05) is 0 Å². The van der Waals surface area contributed by atoms with E-state index in [2.05, 4.69) is 46.5 Å². The van der Waals surface area contributed by atoms with Crippen LogP contribution in [0.1, 0.15) is 36.4 Å². The minimum absolute atomic E-state index is 0.0890. The van der Waals surface area contributed by atoms with E-state index in [0.717, 1.165) is 43.6 Å². The van der Waals surface area contributed by atoms with Gasteiger partial charge in [0.2, 0.25) is 0 Å². The molecule has 0 aromatic heterocycles. The Hall–Kier alpha value is -0.460. The van der Waals surface area contributed by atoms with Crippen molar-refractivity contribution in [2.45, 2.75) is 37.8 Å². The van der Waals surface area contributed by atoms with E-state index < -0.39 is 0 Å². The molecule has 21 heavy (non-hydrogen) atoms. The maximum atomic E-state index is 6.04. The number of rotatable bonds is 3. The van der Waals surface area contributed by atoms with Crippen molar-refractivity contribution in [3.8, 4) is 0 Å². The lowest BCUT2D eigenvalue weighted by Crippen LogP contribution is -2.45. The Morgan fingerprint density at radius 2 is 2.29 bits per heavy atom. The van der Waals surface area contributed by atoms with Gasteiger partial charge in [-0.1, -0.05) is 33.6 Å². The van der Waals surface area contributed by atoms with E-state index in [0.29, 0.717) is 5.92 Å². The average Bonchev–Trinajstić information content (AvgIpc) is 2.91. The molecule has 2 saturated heterocycles. The highest BCUT2D eigenvalue weighted by Crippen LogP contribution is 2.42. The Labute approximate surface area is 134 Å². The predicted molar refractivity (Wildman–Crippen MR) is 85.8 cm³/mol. The van der Waals surface area contributed by atoms with Crippen LogP contribution in [0.4, 0.5) is 0 Å². The Morgan fingerprint density at radius 1 is 1.43 bits per heavy atom. The van der Waals surface area contributed by atoms with Gasteiger partial charge in [0.1, 0.15) is 0 Å². The Morgan fingerprint density at radius 3 is 3.00 bits per heavy atom. The molecule has 0 saturated carbocycles. The number of halogens is 1. The standard InChI is InChI=1S/C16H23BrN2O2/c1-11-2-3-14(17)13(8-11)15(19-18)12-4-6-21-16(9-12)5-7-20-10-16/h2-3,8,12,15,19H,4-7,9-10,18H2,1H3. The quantitative estimate of drug-likeness (QED) is 0.647. The molecule has 0 amide bonds. The van der Waals surface area contributed by atoms with Gasteiger partial charge in [-0.15, -0.1) is 0 Å². The minimum Gasteiger partial charge on any atom is -0.378 e. The van der Waals surface area contributed by atoms with Crippen molar-refractivity contribution in [1.29, 1.82) is 0 Å². The van der Waals surface area contributed by atoms with Gasteiger partial charge in [0.25, 0.3) is 0 Å². The number of hydrogen-bond donors (Lipinski definition) is 2. The lowest BCUT2D eigenvalue weighted by molar-refractivity contribution is -0.103. The lowest BCUT2D eigenvalue weighted by Gasteiger charge is -2.40. The molecule has 3 atom stereocenters. The molecule has 5 heteroatoms. The van der Waals surface area contributed by atoms with Gasteiger partial charge in [0.15, 0.2) is 0 Å². The molecular weight excluding hydrogens is 332 g/mol. The highest BCUT2D eigenvalue weighted by molar-refractivity contribution is 9.10. The van der Waals surface area contributed by atoms with E-state index in [9.17, 15) is 0 Å². The summed E-state index contributed by atoms with van der Waals surface area (Å²) >= 11 is 3.66.